The fourth-order valence-corrected chi connectivity index (χ4v) is 6.13. The van der Waals surface area contributed by atoms with Gasteiger partial charge in [0.25, 0.3) is 11.8 Å². The first-order valence-electron chi connectivity index (χ1n) is 19.2. The highest BCUT2D eigenvalue weighted by atomic mass is 16.5. The molecule has 3 N–H and O–H groups in total. The smallest absolute Gasteiger partial charge is 0.255 e. The van der Waals surface area contributed by atoms with E-state index in [0.29, 0.717) is 73.1 Å². The molecule has 6 rings (SSSR count). The third-order valence-electron chi connectivity index (χ3n) is 9.19. The number of para-hydroxylation sites is 2. The van der Waals surface area contributed by atoms with E-state index in [1.165, 1.54) is 0 Å². The number of unbranched alkanes of at least 4 members (excludes halogenated alkanes) is 1. The highest BCUT2D eigenvalue weighted by Crippen LogP contribution is 2.34. The monoisotopic (exact) mass is 764 g/mol. The van der Waals surface area contributed by atoms with Gasteiger partial charge in [-0.25, -0.2) is 0 Å². The molecule has 292 valence electrons. The second-order valence-corrected chi connectivity index (χ2v) is 13.5. The number of hydrogen-bond acceptors (Lipinski definition) is 7. The van der Waals surface area contributed by atoms with Crippen molar-refractivity contribution >= 4 is 11.8 Å². The average Bonchev–Trinajstić information content (AvgIpc) is 3.27. The summed E-state index contributed by atoms with van der Waals surface area (Å²) in [7, 11) is 0. The predicted molar refractivity (Wildman–Crippen MR) is 221 cm³/mol. The van der Waals surface area contributed by atoms with E-state index in [-0.39, 0.29) is 31.6 Å². The van der Waals surface area contributed by atoms with Gasteiger partial charge in [0, 0.05) is 6.54 Å². The van der Waals surface area contributed by atoms with Crippen LogP contribution in [0.5, 0.6) is 23.0 Å². The summed E-state index contributed by atoms with van der Waals surface area (Å²) < 4.78 is 24.8. The molecule has 0 radical (unpaired) electrons. The molecule has 0 aliphatic carbocycles. The van der Waals surface area contributed by atoms with Gasteiger partial charge in [0.1, 0.15) is 26.4 Å². The van der Waals surface area contributed by atoms with Crippen molar-refractivity contribution in [3.63, 3.8) is 0 Å². The Kier molecular flexibility index (Phi) is 15.1. The van der Waals surface area contributed by atoms with Crippen molar-refractivity contribution in [2.45, 2.75) is 51.7 Å². The molecule has 1 unspecified atom stereocenters. The molecule has 9 nitrogen and oxygen atoms in total. The number of rotatable bonds is 21. The van der Waals surface area contributed by atoms with E-state index in [4.69, 9.17) is 18.9 Å². The molecule has 0 fully saturated rings. The van der Waals surface area contributed by atoms with Crippen molar-refractivity contribution in [3.05, 3.63) is 191 Å². The largest absolute Gasteiger partial charge is 0.485 e. The number of ether oxygens (including phenoxy) is 4. The van der Waals surface area contributed by atoms with Gasteiger partial charge in [-0.1, -0.05) is 133 Å². The summed E-state index contributed by atoms with van der Waals surface area (Å²) in [5.74, 6) is 0.961. The Morgan fingerprint density at radius 1 is 0.474 bits per heavy atom. The molecule has 6 aromatic carbocycles. The van der Waals surface area contributed by atoms with Crippen molar-refractivity contribution in [1.82, 2.24) is 10.6 Å². The lowest BCUT2D eigenvalue weighted by molar-refractivity contribution is 0.0906. The summed E-state index contributed by atoms with van der Waals surface area (Å²) in [6.07, 6.45) is 1.76. The van der Waals surface area contributed by atoms with E-state index in [2.05, 4.69) is 10.6 Å². The molecular formula is C48H48N2O7. The minimum Gasteiger partial charge on any atom is -0.485 e. The Morgan fingerprint density at radius 2 is 0.877 bits per heavy atom. The quantitative estimate of drug-likeness (QED) is 0.0629. The Bertz CT molecular complexity index is 2130. The van der Waals surface area contributed by atoms with Crippen LogP contribution in [0.4, 0.5) is 0 Å². The van der Waals surface area contributed by atoms with Gasteiger partial charge in [0.05, 0.1) is 23.8 Å². The standard InChI is InChI=1S/C48H48N2O7/c51-31-40(50-48(53)42-27-16-29-44(55-33-37-19-7-2-8-20-37)46(42)57-35-39-23-11-4-12-24-39)25-13-14-30-49-47(52)41-26-15-28-43(54-32-36-17-5-1-6-18-36)45(41)56-34-38-21-9-3-10-22-38/h1-12,15-24,26-29,40,51H,13-14,25,30-35H2,(H,49,52)(H,50,53). The van der Waals surface area contributed by atoms with Crippen molar-refractivity contribution in [2.24, 2.45) is 0 Å². The summed E-state index contributed by atoms with van der Waals surface area (Å²) in [6, 6.07) is 49.1. The summed E-state index contributed by atoms with van der Waals surface area (Å²) in [6.45, 7) is 1.28. The highest BCUT2D eigenvalue weighted by Gasteiger charge is 2.22. The third-order valence-corrected chi connectivity index (χ3v) is 9.19. The van der Waals surface area contributed by atoms with Gasteiger partial charge < -0.3 is 34.7 Å². The van der Waals surface area contributed by atoms with Crippen LogP contribution in [-0.4, -0.2) is 36.1 Å². The average molecular weight is 765 g/mol. The summed E-state index contributed by atoms with van der Waals surface area (Å²) in [5.41, 5.74) is 4.57. The van der Waals surface area contributed by atoms with Gasteiger partial charge in [-0.2, -0.15) is 0 Å². The molecule has 0 aromatic heterocycles. The van der Waals surface area contributed by atoms with Gasteiger partial charge in [-0.05, 0) is 65.8 Å². The first-order valence-corrected chi connectivity index (χ1v) is 19.2. The molecule has 0 aliphatic heterocycles. The molecule has 0 spiro atoms. The first-order chi connectivity index (χ1) is 28.1. The molecule has 6 aromatic rings. The molecule has 2 amide bonds. The van der Waals surface area contributed by atoms with E-state index >= 15 is 0 Å². The van der Waals surface area contributed by atoms with Crippen molar-refractivity contribution < 1.29 is 33.6 Å². The Labute approximate surface area is 334 Å². The van der Waals surface area contributed by atoms with Crippen LogP contribution >= 0.6 is 0 Å². The van der Waals surface area contributed by atoms with Crippen LogP contribution in [-0.2, 0) is 26.4 Å². The summed E-state index contributed by atoms with van der Waals surface area (Å²) in [4.78, 5) is 27.2. The zero-order valence-electron chi connectivity index (χ0n) is 31.8. The van der Waals surface area contributed by atoms with Gasteiger partial charge in [-0.3, -0.25) is 9.59 Å². The first kappa shape index (κ1) is 40.1. The van der Waals surface area contributed by atoms with E-state index in [0.717, 1.165) is 22.3 Å². The number of carbonyl (C=O) groups is 2. The molecule has 0 saturated heterocycles. The lowest BCUT2D eigenvalue weighted by Gasteiger charge is -2.20. The summed E-state index contributed by atoms with van der Waals surface area (Å²) in [5, 5.41) is 16.2. The lowest BCUT2D eigenvalue weighted by atomic mass is 10.1. The maximum Gasteiger partial charge on any atom is 0.255 e. The molecular weight excluding hydrogens is 717 g/mol. The van der Waals surface area contributed by atoms with Crippen LogP contribution in [0.1, 0.15) is 62.2 Å². The summed E-state index contributed by atoms with van der Waals surface area (Å²) >= 11 is 0. The second-order valence-electron chi connectivity index (χ2n) is 13.5. The minimum absolute atomic E-state index is 0.244. The van der Waals surface area contributed by atoms with Crippen molar-refractivity contribution in [1.29, 1.82) is 0 Å². The Hall–Kier alpha value is -6.58. The van der Waals surface area contributed by atoms with Gasteiger partial charge in [-0.15, -0.1) is 0 Å². The van der Waals surface area contributed by atoms with Crippen LogP contribution in [0.2, 0.25) is 0 Å². The topological polar surface area (TPSA) is 115 Å². The van der Waals surface area contributed by atoms with E-state index in [1.807, 2.05) is 121 Å². The molecule has 0 bridgehead atoms. The fraction of sp³-hybridized carbons (Fsp3) is 0.208. The number of aliphatic hydroxyl groups excluding tert-OH is 1. The van der Waals surface area contributed by atoms with Crippen LogP contribution < -0.4 is 29.6 Å². The molecule has 0 saturated carbocycles. The van der Waals surface area contributed by atoms with Gasteiger partial charge in [0.2, 0.25) is 0 Å². The van der Waals surface area contributed by atoms with E-state index in [1.54, 1.807) is 36.4 Å². The molecule has 9 heteroatoms. The molecule has 57 heavy (non-hydrogen) atoms. The van der Waals surface area contributed by atoms with Crippen molar-refractivity contribution in [2.75, 3.05) is 13.2 Å². The number of nitrogens with one attached hydrogen (secondary N) is 2. The normalized spacial score (nSPS) is 11.2. The predicted octanol–water partition coefficient (Wildman–Crippen LogP) is 8.69. The van der Waals surface area contributed by atoms with Gasteiger partial charge in [0.15, 0.2) is 23.0 Å². The number of aliphatic hydroxyl groups is 1. The molecule has 0 aliphatic rings. The zero-order valence-corrected chi connectivity index (χ0v) is 31.8. The van der Waals surface area contributed by atoms with Crippen LogP contribution in [0.25, 0.3) is 0 Å². The third kappa shape index (κ3) is 12.2. The number of hydrogen-bond donors (Lipinski definition) is 3. The lowest BCUT2D eigenvalue weighted by Crippen LogP contribution is -2.37. The highest BCUT2D eigenvalue weighted by molar-refractivity contribution is 5.98. The SMILES string of the molecule is O=C(NCCCCC(CO)NC(=O)c1cccc(OCc2ccccc2)c1OCc1ccccc1)c1cccc(OCc2ccccc2)c1OCc1ccccc1. The Balaban J connectivity index is 1.05. The number of benzene rings is 6. The molecule has 1 atom stereocenters. The minimum atomic E-state index is -0.513. The van der Waals surface area contributed by atoms with E-state index < -0.39 is 6.04 Å². The second kappa shape index (κ2) is 21.5. The van der Waals surface area contributed by atoms with Crippen LogP contribution in [0, 0.1) is 0 Å². The maximum absolute atomic E-state index is 13.7. The fourth-order valence-electron chi connectivity index (χ4n) is 6.13. The van der Waals surface area contributed by atoms with Gasteiger partial charge >= 0.3 is 0 Å². The van der Waals surface area contributed by atoms with Crippen LogP contribution in [0.15, 0.2) is 158 Å². The maximum atomic E-state index is 13.7. The number of amides is 2. The zero-order chi connectivity index (χ0) is 39.5. The van der Waals surface area contributed by atoms with E-state index in [9.17, 15) is 14.7 Å². The van der Waals surface area contributed by atoms with Crippen molar-refractivity contribution in [3.8, 4) is 23.0 Å². The Morgan fingerprint density at radius 3 is 1.30 bits per heavy atom. The van der Waals surface area contributed by atoms with Crippen LogP contribution in [0.3, 0.4) is 0 Å². The number of carbonyl (C=O) groups excluding carboxylic acids is 2. The molecule has 0 heterocycles.